The number of hydrogen-bond acceptors (Lipinski definition) is 3. The minimum absolute atomic E-state index is 0.224. The van der Waals surface area contributed by atoms with Crippen LogP contribution in [0.15, 0.2) is 53.4 Å². The molecule has 0 fully saturated rings. The lowest BCUT2D eigenvalue weighted by molar-refractivity contribution is -0.130. The molecular weight excluding hydrogens is 342 g/mol. The van der Waals surface area contributed by atoms with Crippen molar-refractivity contribution >= 4 is 23.2 Å². The third-order valence-electron chi connectivity index (χ3n) is 4.86. The van der Waals surface area contributed by atoms with E-state index in [1.165, 1.54) is 21.6 Å². The second-order valence-electron chi connectivity index (χ2n) is 6.71. The number of thioether (sulfide) groups is 1. The molecule has 0 saturated carbocycles. The zero-order valence-electron chi connectivity index (χ0n) is 15.4. The second kappa shape index (κ2) is 8.45. The molecule has 1 aliphatic heterocycles. The SMILES string of the molecule is Cc1ccc(SCCC(=O)N2CC=C(c3ccc(O)cc3)CC2)cc1C. The van der Waals surface area contributed by atoms with Crippen molar-refractivity contribution in [1.82, 2.24) is 4.90 Å². The van der Waals surface area contributed by atoms with E-state index in [-0.39, 0.29) is 11.7 Å². The molecule has 0 saturated heterocycles. The Kier molecular flexibility index (Phi) is 6.04. The van der Waals surface area contributed by atoms with E-state index in [4.69, 9.17) is 0 Å². The molecule has 136 valence electrons. The Balaban J connectivity index is 1.48. The number of amides is 1. The van der Waals surface area contributed by atoms with Gasteiger partial charge in [0.1, 0.15) is 5.75 Å². The van der Waals surface area contributed by atoms with Crippen LogP contribution in [0.2, 0.25) is 0 Å². The molecule has 0 spiro atoms. The van der Waals surface area contributed by atoms with Gasteiger partial charge in [-0.1, -0.05) is 24.3 Å². The van der Waals surface area contributed by atoms with Crippen molar-refractivity contribution in [2.75, 3.05) is 18.8 Å². The van der Waals surface area contributed by atoms with Crippen LogP contribution in [-0.2, 0) is 4.79 Å². The van der Waals surface area contributed by atoms with Crippen molar-refractivity contribution in [3.63, 3.8) is 0 Å². The van der Waals surface area contributed by atoms with Crippen LogP contribution >= 0.6 is 11.8 Å². The molecule has 0 radical (unpaired) electrons. The monoisotopic (exact) mass is 367 g/mol. The lowest BCUT2D eigenvalue weighted by atomic mass is 9.99. The van der Waals surface area contributed by atoms with Gasteiger partial charge in [0.15, 0.2) is 0 Å². The van der Waals surface area contributed by atoms with Crippen LogP contribution in [0.5, 0.6) is 5.75 Å². The lowest BCUT2D eigenvalue weighted by Crippen LogP contribution is -2.34. The van der Waals surface area contributed by atoms with E-state index in [2.05, 4.69) is 38.1 Å². The number of phenolic OH excluding ortho intramolecular Hbond substituents is 1. The maximum absolute atomic E-state index is 12.4. The highest BCUT2D eigenvalue weighted by molar-refractivity contribution is 7.99. The van der Waals surface area contributed by atoms with Gasteiger partial charge in [-0.2, -0.15) is 0 Å². The van der Waals surface area contributed by atoms with Gasteiger partial charge >= 0.3 is 0 Å². The molecule has 1 amide bonds. The Morgan fingerprint density at radius 2 is 1.88 bits per heavy atom. The molecule has 0 unspecified atom stereocenters. The first-order valence-corrected chi connectivity index (χ1v) is 9.98. The lowest BCUT2D eigenvalue weighted by Gasteiger charge is -2.26. The highest BCUT2D eigenvalue weighted by Crippen LogP contribution is 2.25. The fourth-order valence-corrected chi connectivity index (χ4v) is 3.99. The molecule has 1 N–H and O–H groups in total. The molecule has 2 aromatic rings. The molecule has 0 bridgehead atoms. The molecule has 0 atom stereocenters. The summed E-state index contributed by atoms with van der Waals surface area (Å²) in [5.41, 5.74) is 4.97. The third-order valence-corrected chi connectivity index (χ3v) is 5.86. The normalized spacial score (nSPS) is 14.2. The maximum Gasteiger partial charge on any atom is 0.223 e. The molecule has 1 heterocycles. The van der Waals surface area contributed by atoms with Crippen molar-refractivity contribution in [3.8, 4) is 5.75 Å². The first-order valence-electron chi connectivity index (χ1n) is 8.99. The Morgan fingerprint density at radius 1 is 1.12 bits per heavy atom. The first kappa shape index (κ1) is 18.6. The van der Waals surface area contributed by atoms with E-state index in [1.54, 1.807) is 23.9 Å². The average Bonchev–Trinajstić information content (AvgIpc) is 2.65. The molecule has 3 rings (SSSR count). The minimum Gasteiger partial charge on any atom is -0.508 e. The fourth-order valence-electron chi connectivity index (χ4n) is 3.05. The number of nitrogens with zero attached hydrogens (tertiary/aromatic N) is 1. The number of benzene rings is 2. The van der Waals surface area contributed by atoms with E-state index < -0.39 is 0 Å². The second-order valence-corrected chi connectivity index (χ2v) is 7.88. The Hall–Kier alpha value is -2.20. The van der Waals surface area contributed by atoms with Crippen LogP contribution in [0.3, 0.4) is 0 Å². The maximum atomic E-state index is 12.4. The molecule has 4 heteroatoms. The minimum atomic E-state index is 0.224. The number of hydrogen-bond donors (Lipinski definition) is 1. The van der Waals surface area contributed by atoms with Crippen LogP contribution in [0.25, 0.3) is 5.57 Å². The number of aromatic hydroxyl groups is 1. The summed E-state index contributed by atoms with van der Waals surface area (Å²) < 4.78 is 0. The average molecular weight is 368 g/mol. The largest absolute Gasteiger partial charge is 0.508 e. The van der Waals surface area contributed by atoms with Crippen LogP contribution in [-0.4, -0.2) is 34.8 Å². The van der Waals surface area contributed by atoms with E-state index in [0.29, 0.717) is 13.0 Å². The zero-order chi connectivity index (χ0) is 18.5. The molecule has 0 aliphatic carbocycles. The van der Waals surface area contributed by atoms with Gasteiger partial charge in [0, 0.05) is 30.2 Å². The standard InChI is InChI=1S/C22H25NO2S/c1-16-3-8-21(15-17(16)2)26-14-11-22(25)23-12-9-19(10-13-23)18-4-6-20(24)7-5-18/h3-9,15,24H,10-14H2,1-2H3. The molecule has 3 nitrogen and oxygen atoms in total. The third kappa shape index (κ3) is 4.70. The predicted octanol–water partition coefficient (Wildman–Crippen LogP) is 4.81. The Morgan fingerprint density at radius 3 is 2.54 bits per heavy atom. The van der Waals surface area contributed by atoms with Crippen molar-refractivity contribution in [1.29, 1.82) is 0 Å². The quantitative estimate of drug-likeness (QED) is 0.771. The molecular formula is C22H25NO2S. The number of aryl methyl sites for hydroxylation is 2. The van der Waals surface area contributed by atoms with Gasteiger partial charge in [-0.05, 0) is 66.8 Å². The number of rotatable bonds is 5. The Labute approximate surface area is 159 Å². The van der Waals surface area contributed by atoms with Gasteiger partial charge in [-0.25, -0.2) is 0 Å². The van der Waals surface area contributed by atoms with Crippen molar-refractivity contribution in [2.45, 2.75) is 31.6 Å². The summed E-state index contributed by atoms with van der Waals surface area (Å²) in [5, 5.41) is 9.39. The summed E-state index contributed by atoms with van der Waals surface area (Å²) in [6, 6.07) is 13.7. The fraction of sp³-hybridized carbons (Fsp3) is 0.318. The van der Waals surface area contributed by atoms with E-state index in [1.807, 2.05) is 17.0 Å². The van der Waals surface area contributed by atoms with Crippen LogP contribution in [0, 0.1) is 13.8 Å². The first-order chi connectivity index (χ1) is 12.5. The van der Waals surface area contributed by atoms with Gasteiger partial charge in [-0.15, -0.1) is 11.8 Å². The van der Waals surface area contributed by atoms with Gasteiger partial charge in [-0.3, -0.25) is 4.79 Å². The summed E-state index contributed by atoms with van der Waals surface area (Å²) in [4.78, 5) is 15.6. The highest BCUT2D eigenvalue weighted by Gasteiger charge is 2.17. The van der Waals surface area contributed by atoms with Gasteiger partial charge in [0.2, 0.25) is 5.91 Å². The smallest absolute Gasteiger partial charge is 0.223 e. The zero-order valence-corrected chi connectivity index (χ0v) is 16.2. The van der Waals surface area contributed by atoms with Crippen LogP contribution in [0.4, 0.5) is 0 Å². The predicted molar refractivity (Wildman–Crippen MR) is 109 cm³/mol. The Bertz CT molecular complexity index is 811. The van der Waals surface area contributed by atoms with E-state index >= 15 is 0 Å². The van der Waals surface area contributed by atoms with Gasteiger partial charge < -0.3 is 10.0 Å². The van der Waals surface area contributed by atoms with Crippen molar-refractivity contribution < 1.29 is 9.90 Å². The van der Waals surface area contributed by atoms with Crippen LogP contribution < -0.4 is 0 Å². The summed E-state index contributed by atoms with van der Waals surface area (Å²) in [5.74, 6) is 1.32. The van der Waals surface area contributed by atoms with E-state index in [0.717, 1.165) is 24.3 Å². The molecule has 26 heavy (non-hydrogen) atoms. The number of phenols is 1. The van der Waals surface area contributed by atoms with Crippen molar-refractivity contribution in [3.05, 3.63) is 65.2 Å². The van der Waals surface area contributed by atoms with E-state index in [9.17, 15) is 9.90 Å². The number of carbonyl (C=O) groups is 1. The highest BCUT2D eigenvalue weighted by atomic mass is 32.2. The van der Waals surface area contributed by atoms with Gasteiger partial charge in [0.25, 0.3) is 0 Å². The molecule has 0 aromatic heterocycles. The van der Waals surface area contributed by atoms with Crippen LogP contribution in [0.1, 0.15) is 29.5 Å². The molecule has 2 aromatic carbocycles. The van der Waals surface area contributed by atoms with Crippen molar-refractivity contribution in [2.24, 2.45) is 0 Å². The summed E-state index contributed by atoms with van der Waals surface area (Å²) in [7, 11) is 0. The van der Waals surface area contributed by atoms with Gasteiger partial charge in [0.05, 0.1) is 0 Å². The topological polar surface area (TPSA) is 40.5 Å². The summed E-state index contributed by atoms with van der Waals surface area (Å²) in [6.45, 7) is 5.67. The summed E-state index contributed by atoms with van der Waals surface area (Å²) >= 11 is 1.75. The number of carbonyl (C=O) groups excluding carboxylic acids is 1. The summed E-state index contributed by atoms with van der Waals surface area (Å²) in [6.07, 6.45) is 3.56. The molecule has 1 aliphatic rings.